The lowest BCUT2D eigenvalue weighted by molar-refractivity contribution is -0.145. The summed E-state index contributed by atoms with van der Waals surface area (Å²) in [6.45, 7) is 7.90. The lowest BCUT2D eigenvalue weighted by Crippen LogP contribution is -2.55. The molecule has 0 radical (unpaired) electrons. The van der Waals surface area contributed by atoms with E-state index in [9.17, 15) is 14.4 Å². The van der Waals surface area contributed by atoms with Gasteiger partial charge in [-0.05, 0) is 59.8 Å². The van der Waals surface area contributed by atoms with Crippen LogP contribution < -0.4 is 16.0 Å². The number of hydrogen-bond donors (Lipinski definition) is 3. The molecule has 0 saturated carbocycles. The summed E-state index contributed by atoms with van der Waals surface area (Å²) in [6.07, 6.45) is 2.40. The monoisotopic (exact) mass is 646 g/mol. The van der Waals surface area contributed by atoms with E-state index in [1.807, 2.05) is 69.3 Å². The van der Waals surface area contributed by atoms with Crippen molar-refractivity contribution in [3.8, 4) is 0 Å². The number of amides is 3. The Morgan fingerprint density at radius 2 is 1.65 bits per heavy atom. The number of halogens is 3. The molecule has 1 fully saturated rings. The molecule has 0 spiro atoms. The van der Waals surface area contributed by atoms with Crippen molar-refractivity contribution in [1.82, 2.24) is 20.9 Å². The van der Waals surface area contributed by atoms with Crippen molar-refractivity contribution < 1.29 is 14.4 Å². The van der Waals surface area contributed by atoms with Gasteiger partial charge in [-0.1, -0.05) is 92.5 Å². The Bertz CT molecular complexity index is 1430. The number of carbonyl (C=O) groups excluding carboxylic acids is 3. The second-order valence-electron chi connectivity index (χ2n) is 11.9. The molecule has 3 amide bonds. The number of rotatable bonds is 11. The molecule has 7 nitrogen and oxygen atoms in total. The van der Waals surface area contributed by atoms with Crippen molar-refractivity contribution in [2.45, 2.75) is 65.1 Å². The molecule has 1 saturated heterocycles. The third-order valence-corrected chi connectivity index (χ3v) is 8.23. The van der Waals surface area contributed by atoms with Crippen molar-refractivity contribution >= 4 is 64.1 Å². The Labute approximate surface area is 270 Å². The predicted octanol–water partition coefficient (Wildman–Crippen LogP) is 5.93. The minimum Gasteiger partial charge on any atom is -0.354 e. The Balaban J connectivity index is 0.00000506. The predicted molar refractivity (Wildman–Crippen MR) is 177 cm³/mol. The van der Waals surface area contributed by atoms with E-state index in [0.717, 1.165) is 28.3 Å². The number of carbonyl (C=O) groups is 3. The number of nitrogens with one attached hydrogen (secondary N) is 3. The molecule has 3 aromatic carbocycles. The first-order chi connectivity index (χ1) is 20.0. The molecule has 232 valence electrons. The van der Waals surface area contributed by atoms with Crippen LogP contribution in [0.25, 0.3) is 10.8 Å². The molecule has 1 heterocycles. The molecule has 3 aromatic rings. The van der Waals surface area contributed by atoms with Crippen molar-refractivity contribution in [1.29, 1.82) is 0 Å². The first-order valence-corrected chi connectivity index (χ1v) is 15.3. The van der Waals surface area contributed by atoms with E-state index < -0.39 is 17.5 Å². The van der Waals surface area contributed by atoms with Crippen LogP contribution in [0.4, 0.5) is 0 Å². The number of hydrogen-bond acceptors (Lipinski definition) is 4. The number of nitrogens with zero attached hydrogens (tertiary/aromatic N) is 1. The first-order valence-electron chi connectivity index (χ1n) is 14.5. The summed E-state index contributed by atoms with van der Waals surface area (Å²) in [7, 11) is 0. The zero-order valence-corrected chi connectivity index (χ0v) is 27.2. The van der Waals surface area contributed by atoms with Crippen LogP contribution in [0.5, 0.6) is 0 Å². The van der Waals surface area contributed by atoms with E-state index in [1.165, 1.54) is 0 Å². The summed E-state index contributed by atoms with van der Waals surface area (Å²) >= 11 is 12.1. The third-order valence-electron chi connectivity index (χ3n) is 7.49. The molecule has 3 N–H and O–H groups in total. The maximum atomic E-state index is 13.5. The fourth-order valence-electron chi connectivity index (χ4n) is 5.22. The highest BCUT2D eigenvalue weighted by Crippen LogP contribution is 2.26. The van der Waals surface area contributed by atoms with E-state index >= 15 is 0 Å². The SMILES string of the molecule is CC(C)(C)C(=O)N1CCCC1C(=O)N[C@H](Cc1ccc2ccccc2c1)C(=O)NCCCNCc1ccc(Cl)c(Cl)c1.Cl. The van der Waals surface area contributed by atoms with Gasteiger partial charge < -0.3 is 20.9 Å². The summed E-state index contributed by atoms with van der Waals surface area (Å²) in [4.78, 5) is 41.6. The largest absolute Gasteiger partial charge is 0.354 e. The Hall–Kier alpha value is -2.84. The fourth-order valence-corrected chi connectivity index (χ4v) is 5.54. The Morgan fingerprint density at radius 3 is 2.37 bits per heavy atom. The second kappa shape index (κ2) is 15.8. The van der Waals surface area contributed by atoms with E-state index in [2.05, 4.69) is 22.0 Å². The van der Waals surface area contributed by atoms with Gasteiger partial charge in [-0.15, -0.1) is 12.4 Å². The zero-order valence-electron chi connectivity index (χ0n) is 24.9. The first kappa shape index (κ1) is 34.6. The number of likely N-dealkylation sites (tertiary alicyclic amines) is 1. The topological polar surface area (TPSA) is 90.5 Å². The number of benzene rings is 3. The van der Waals surface area contributed by atoms with Gasteiger partial charge >= 0.3 is 0 Å². The molecular weight excluding hydrogens is 607 g/mol. The highest BCUT2D eigenvalue weighted by Gasteiger charge is 2.39. The molecule has 10 heteroatoms. The van der Waals surface area contributed by atoms with Gasteiger partial charge in [0.15, 0.2) is 0 Å². The molecule has 0 aromatic heterocycles. The van der Waals surface area contributed by atoms with Gasteiger partial charge in [0.1, 0.15) is 12.1 Å². The van der Waals surface area contributed by atoms with Gasteiger partial charge in [-0.25, -0.2) is 0 Å². The molecule has 0 bridgehead atoms. The molecule has 0 aliphatic carbocycles. The summed E-state index contributed by atoms with van der Waals surface area (Å²) in [6, 6.07) is 18.3. The smallest absolute Gasteiger partial charge is 0.243 e. The molecular formula is C33H41Cl3N4O3. The van der Waals surface area contributed by atoms with E-state index in [0.29, 0.717) is 55.5 Å². The molecule has 1 unspecified atom stereocenters. The van der Waals surface area contributed by atoms with Crippen LogP contribution in [0, 0.1) is 5.41 Å². The average Bonchev–Trinajstić information content (AvgIpc) is 3.45. The van der Waals surface area contributed by atoms with Crippen LogP contribution in [0.2, 0.25) is 10.0 Å². The molecule has 43 heavy (non-hydrogen) atoms. The number of fused-ring (bicyclic) bond motifs is 1. The van der Waals surface area contributed by atoms with Crippen molar-refractivity contribution in [2.24, 2.45) is 5.41 Å². The van der Waals surface area contributed by atoms with Gasteiger partial charge in [0.25, 0.3) is 0 Å². The summed E-state index contributed by atoms with van der Waals surface area (Å²) in [5.41, 5.74) is 1.39. The summed E-state index contributed by atoms with van der Waals surface area (Å²) in [5.74, 6) is -0.578. The standard InChI is InChI=1S/C33H40Cl2N4O3.ClH/c1-33(2,3)32(42)39-17-6-10-29(39)31(41)38-28(20-22-11-13-24-8-4-5-9-25(24)18-22)30(40)37-16-7-15-36-21-23-12-14-26(34)27(35)19-23;/h4-5,8-9,11-14,18-19,28-29,36H,6-7,10,15-17,20-21H2,1-3H3,(H,37,40)(H,38,41);1H/t28-,29?;/m1./s1. The third kappa shape index (κ3) is 9.57. The highest BCUT2D eigenvalue weighted by molar-refractivity contribution is 6.42. The van der Waals surface area contributed by atoms with E-state index in [4.69, 9.17) is 23.2 Å². The van der Waals surface area contributed by atoms with Gasteiger partial charge in [0.2, 0.25) is 17.7 Å². The fraction of sp³-hybridized carbons (Fsp3) is 0.424. The summed E-state index contributed by atoms with van der Waals surface area (Å²) in [5, 5.41) is 12.6. The van der Waals surface area contributed by atoms with Crippen LogP contribution in [0.1, 0.15) is 51.2 Å². The Morgan fingerprint density at radius 1 is 0.930 bits per heavy atom. The van der Waals surface area contributed by atoms with Crippen molar-refractivity contribution in [3.63, 3.8) is 0 Å². The maximum Gasteiger partial charge on any atom is 0.243 e. The highest BCUT2D eigenvalue weighted by atomic mass is 35.5. The van der Waals surface area contributed by atoms with Gasteiger partial charge in [0, 0.05) is 31.5 Å². The quantitative estimate of drug-likeness (QED) is 0.225. The van der Waals surface area contributed by atoms with Crippen molar-refractivity contribution in [3.05, 3.63) is 81.8 Å². The zero-order chi connectivity index (χ0) is 30.3. The van der Waals surface area contributed by atoms with Gasteiger partial charge in [0.05, 0.1) is 10.0 Å². The van der Waals surface area contributed by atoms with Crippen LogP contribution in [-0.2, 0) is 27.3 Å². The minimum atomic E-state index is -0.769. The second-order valence-corrected chi connectivity index (χ2v) is 12.7. The lowest BCUT2D eigenvalue weighted by Gasteiger charge is -2.31. The molecule has 4 rings (SSSR count). The average molecular weight is 648 g/mol. The Kier molecular flexibility index (Phi) is 12.7. The van der Waals surface area contributed by atoms with Crippen LogP contribution in [0.3, 0.4) is 0 Å². The minimum absolute atomic E-state index is 0. The van der Waals surface area contributed by atoms with Gasteiger partial charge in [-0.2, -0.15) is 0 Å². The van der Waals surface area contributed by atoms with Crippen LogP contribution >= 0.6 is 35.6 Å². The normalized spacial score (nSPS) is 15.6. The summed E-state index contributed by atoms with van der Waals surface area (Å²) < 4.78 is 0. The molecule has 2 atom stereocenters. The maximum absolute atomic E-state index is 13.5. The van der Waals surface area contributed by atoms with Gasteiger partial charge in [-0.3, -0.25) is 14.4 Å². The molecule has 1 aliphatic heterocycles. The van der Waals surface area contributed by atoms with E-state index in [1.54, 1.807) is 11.0 Å². The van der Waals surface area contributed by atoms with Crippen molar-refractivity contribution in [2.75, 3.05) is 19.6 Å². The lowest BCUT2D eigenvalue weighted by atomic mass is 9.94. The van der Waals surface area contributed by atoms with Crippen LogP contribution in [-0.4, -0.2) is 54.3 Å². The van der Waals surface area contributed by atoms with Crippen LogP contribution in [0.15, 0.2) is 60.7 Å². The molecule has 1 aliphatic rings. The van der Waals surface area contributed by atoms with E-state index in [-0.39, 0.29) is 30.1 Å².